The number of hydrogen-bond donors (Lipinski definition) is 1. The molecule has 31 heavy (non-hydrogen) atoms. The summed E-state index contributed by atoms with van der Waals surface area (Å²) in [5.41, 5.74) is 2.53. The minimum absolute atomic E-state index is 0.0227. The van der Waals surface area contributed by atoms with Gasteiger partial charge in [-0.05, 0) is 75.4 Å². The summed E-state index contributed by atoms with van der Waals surface area (Å²) in [6.07, 6.45) is 0.753. The van der Waals surface area contributed by atoms with Gasteiger partial charge in [-0.2, -0.15) is 0 Å². The van der Waals surface area contributed by atoms with Crippen LogP contribution in [0.4, 0.5) is 0 Å². The molecule has 1 aliphatic heterocycles. The summed E-state index contributed by atoms with van der Waals surface area (Å²) in [6, 6.07) is 6.34. The molecule has 0 saturated carbocycles. The second-order valence-electron chi connectivity index (χ2n) is 8.19. The van der Waals surface area contributed by atoms with Crippen LogP contribution in [0.15, 0.2) is 29.2 Å². The smallest absolute Gasteiger partial charge is 0.308 e. The van der Waals surface area contributed by atoms with E-state index in [-0.39, 0.29) is 11.3 Å². The van der Waals surface area contributed by atoms with Crippen molar-refractivity contribution in [2.24, 2.45) is 0 Å². The Morgan fingerprint density at radius 2 is 1.77 bits per heavy atom. The number of esters is 1. The molecule has 0 radical (unpaired) electrons. The molecule has 2 aromatic rings. The number of fused-ring (bicyclic) bond motifs is 1. The molecule has 8 heteroatoms. The second kappa shape index (κ2) is 8.00. The van der Waals surface area contributed by atoms with Gasteiger partial charge in [0, 0.05) is 18.9 Å². The monoisotopic (exact) mass is 445 g/mol. The van der Waals surface area contributed by atoms with Gasteiger partial charge >= 0.3 is 5.97 Å². The highest BCUT2D eigenvalue weighted by molar-refractivity contribution is 7.90. The number of sulfonamides is 1. The summed E-state index contributed by atoms with van der Waals surface area (Å²) in [5, 5.41) is 0. The molecular formula is C23H27NO6S. The molecule has 0 bridgehead atoms. The van der Waals surface area contributed by atoms with Gasteiger partial charge < -0.3 is 9.47 Å². The topological polar surface area (TPSA) is 98.8 Å². The van der Waals surface area contributed by atoms with Crippen molar-refractivity contribution in [3.63, 3.8) is 0 Å². The van der Waals surface area contributed by atoms with Crippen molar-refractivity contribution in [3.05, 3.63) is 52.1 Å². The van der Waals surface area contributed by atoms with E-state index in [1.807, 2.05) is 20.8 Å². The van der Waals surface area contributed by atoms with Crippen LogP contribution < -0.4 is 14.2 Å². The Hall–Kier alpha value is -2.87. The molecule has 3 rings (SSSR count). The number of hydrogen-bond acceptors (Lipinski definition) is 6. The molecule has 1 aliphatic rings. The summed E-state index contributed by atoms with van der Waals surface area (Å²) in [7, 11) is -4.03. The van der Waals surface area contributed by atoms with Crippen LogP contribution in [0.5, 0.6) is 11.5 Å². The highest BCUT2D eigenvalue weighted by Crippen LogP contribution is 2.44. The van der Waals surface area contributed by atoms with Crippen molar-refractivity contribution < 1.29 is 27.5 Å². The summed E-state index contributed by atoms with van der Waals surface area (Å²) >= 11 is 0. The van der Waals surface area contributed by atoms with Crippen molar-refractivity contribution in [2.45, 2.75) is 64.9 Å². The fourth-order valence-electron chi connectivity index (χ4n) is 3.76. The molecule has 7 nitrogen and oxygen atoms in total. The van der Waals surface area contributed by atoms with Crippen LogP contribution in [0, 0.1) is 27.7 Å². The standard InChI is InChI=1S/C23H27NO6S/c1-13-8-7-9-18(12-13)31(27,28)24-22(26)23(6)11-10-19-16(4)20(29-17(5)25)14(2)15(3)21(19)30-23/h7-9,12H,10-11H2,1-6H3,(H,24,26). The van der Waals surface area contributed by atoms with Crippen LogP contribution in [0.1, 0.15) is 48.1 Å². The minimum atomic E-state index is -4.03. The van der Waals surface area contributed by atoms with Crippen LogP contribution in [-0.2, 0) is 26.0 Å². The minimum Gasteiger partial charge on any atom is -0.477 e. The van der Waals surface area contributed by atoms with Gasteiger partial charge in [0.1, 0.15) is 11.5 Å². The Morgan fingerprint density at radius 1 is 1.10 bits per heavy atom. The average molecular weight is 446 g/mol. The van der Waals surface area contributed by atoms with Crippen molar-refractivity contribution in [1.29, 1.82) is 0 Å². The first-order chi connectivity index (χ1) is 14.4. The third-order valence-corrected chi connectivity index (χ3v) is 7.07. The summed E-state index contributed by atoms with van der Waals surface area (Å²) in [4.78, 5) is 24.5. The van der Waals surface area contributed by atoms with Gasteiger partial charge in [-0.3, -0.25) is 9.59 Å². The van der Waals surface area contributed by atoms with Crippen molar-refractivity contribution in [1.82, 2.24) is 4.72 Å². The van der Waals surface area contributed by atoms with Crippen LogP contribution in [0.25, 0.3) is 0 Å². The number of rotatable bonds is 4. The van der Waals surface area contributed by atoms with E-state index < -0.39 is 27.5 Å². The molecule has 2 aromatic carbocycles. The summed E-state index contributed by atoms with van der Waals surface area (Å²) < 4.78 is 39.1. The van der Waals surface area contributed by atoms with Crippen LogP contribution in [0.2, 0.25) is 0 Å². The maximum atomic E-state index is 13.0. The van der Waals surface area contributed by atoms with Crippen molar-refractivity contribution in [3.8, 4) is 11.5 Å². The van der Waals surface area contributed by atoms with E-state index >= 15 is 0 Å². The van der Waals surface area contributed by atoms with E-state index in [4.69, 9.17) is 9.47 Å². The van der Waals surface area contributed by atoms with Crippen molar-refractivity contribution >= 4 is 21.9 Å². The number of aryl methyl sites for hydroxylation is 1. The Morgan fingerprint density at radius 3 is 2.39 bits per heavy atom. The number of amides is 1. The molecule has 1 atom stereocenters. The zero-order chi connectivity index (χ0) is 23.1. The molecule has 1 amide bonds. The lowest BCUT2D eigenvalue weighted by Gasteiger charge is -2.36. The van der Waals surface area contributed by atoms with Crippen LogP contribution >= 0.6 is 0 Å². The summed E-state index contributed by atoms with van der Waals surface area (Å²) in [5.74, 6) is -0.101. The molecule has 0 fully saturated rings. The molecule has 166 valence electrons. The molecule has 0 spiro atoms. The number of nitrogens with one attached hydrogen (secondary N) is 1. The first-order valence-electron chi connectivity index (χ1n) is 9.99. The number of carbonyl (C=O) groups is 2. The SMILES string of the molecule is CC(=O)Oc1c(C)c(C)c2c(c1C)CCC(C)(C(=O)NS(=O)(=O)c1cccc(C)c1)O2. The molecule has 1 heterocycles. The van der Waals surface area contributed by atoms with E-state index in [0.717, 1.165) is 27.8 Å². The lowest BCUT2D eigenvalue weighted by atomic mass is 9.87. The van der Waals surface area contributed by atoms with Gasteiger partial charge in [0.2, 0.25) is 0 Å². The van der Waals surface area contributed by atoms with Crippen LogP contribution in [0.3, 0.4) is 0 Å². The largest absolute Gasteiger partial charge is 0.477 e. The van der Waals surface area contributed by atoms with E-state index in [2.05, 4.69) is 4.72 Å². The van der Waals surface area contributed by atoms with E-state index in [0.29, 0.717) is 17.9 Å². The lowest BCUT2D eigenvalue weighted by molar-refractivity contribution is -0.135. The first-order valence-corrected chi connectivity index (χ1v) is 11.5. The highest BCUT2D eigenvalue weighted by atomic mass is 32.2. The highest BCUT2D eigenvalue weighted by Gasteiger charge is 2.42. The predicted octanol–water partition coefficient (Wildman–Crippen LogP) is 3.43. The number of benzene rings is 2. The maximum absolute atomic E-state index is 13.0. The number of carbonyl (C=O) groups excluding carboxylic acids is 2. The third kappa shape index (κ3) is 4.30. The summed E-state index contributed by atoms with van der Waals surface area (Å²) in [6.45, 7) is 10.2. The number of ether oxygens (including phenoxy) is 2. The second-order valence-corrected chi connectivity index (χ2v) is 9.87. The van der Waals surface area contributed by atoms with Crippen LogP contribution in [-0.4, -0.2) is 25.9 Å². The van der Waals surface area contributed by atoms with E-state index in [9.17, 15) is 18.0 Å². The van der Waals surface area contributed by atoms with Crippen molar-refractivity contribution in [2.75, 3.05) is 0 Å². The third-order valence-electron chi connectivity index (χ3n) is 5.74. The van der Waals surface area contributed by atoms with E-state index in [1.165, 1.54) is 19.1 Å². The molecular weight excluding hydrogens is 418 g/mol. The molecule has 1 N–H and O–H groups in total. The lowest BCUT2D eigenvalue weighted by Crippen LogP contribution is -2.52. The fourth-order valence-corrected chi connectivity index (χ4v) is 4.94. The Bertz CT molecular complexity index is 1190. The van der Waals surface area contributed by atoms with Gasteiger partial charge in [0.25, 0.3) is 15.9 Å². The molecule has 0 saturated heterocycles. The van der Waals surface area contributed by atoms with Gasteiger partial charge in [-0.1, -0.05) is 12.1 Å². The fraction of sp³-hybridized carbons (Fsp3) is 0.391. The van der Waals surface area contributed by atoms with Gasteiger partial charge in [0.15, 0.2) is 5.60 Å². The van der Waals surface area contributed by atoms with Gasteiger partial charge in [0.05, 0.1) is 4.90 Å². The first kappa shape index (κ1) is 22.8. The Kier molecular flexibility index (Phi) is 5.88. The molecule has 0 aromatic heterocycles. The zero-order valence-corrected chi connectivity index (χ0v) is 19.4. The Balaban J connectivity index is 1.93. The molecule has 1 unspecified atom stereocenters. The predicted molar refractivity (Wildman–Crippen MR) is 116 cm³/mol. The zero-order valence-electron chi connectivity index (χ0n) is 18.6. The normalized spacial score (nSPS) is 18.0. The quantitative estimate of drug-likeness (QED) is 0.572. The Labute approximate surface area is 182 Å². The van der Waals surface area contributed by atoms with E-state index in [1.54, 1.807) is 26.0 Å². The maximum Gasteiger partial charge on any atom is 0.308 e. The van der Waals surface area contributed by atoms with Gasteiger partial charge in [-0.15, -0.1) is 0 Å². The average Bonchev–Trinajstić information content (AvgIpc) is 2.69. The van der Waals surface area contributed by atoms with Gasteiger partial charge in [-0.25, -0.2) is 13.1 Å². The molecule has 0 aliphatic carbocycles.